The third kappa shape index (κ3) is 4.55. The molecule has 0 saturated heterocycles. The lowest BCUT2D eigenvalue weighted by molar-refractivity contribution is -0.141. The summed E-state index contributed by atoms with van der Waals surface area (Å²) < 4.78 is 39.4. The highest BCUT2D eigenvalue weighted by atomic mass is 19.4. The summed E-state index contributed by atoms with van der Waals surface area (Å²) in [5.74, 6) is 1.25. The summed E-state index contributed by atoms with van der Waals surface area (Å²) in [4.78, 5) is 13.4. The number of halogens is 3. The van der Waals surface area contributed by atoms with Gasteiger partial charge in [-0.2, -0.15) is 18.3 Å². The molecule has 0 bridgehead atoms. The van der Waals surface area contributed by atoms with E-state index in [0.29, 0.717) is 29.6 Å². The van der Waals surface area contributed by atoms with Crippen molar-refractivity contribution in [3.8, 4) is 17.2 Å². The second kappa shape index (κ2) is 8.17. The zero-order chi connectivity index (χ0) is 22.0. The van der Waals surface area contributed by atoms with Gasteiger partial charge in [-0.15, -0.1) is 0 Å². The number of benzene rings is 1. The molecule has 0 unspecified atom stereocenters. The Morgan fingerprint density at radius 3 is 2.39 bits per heavy atom. The highest BCUT2D eigenvalue weighted by Crippen LogP contribution is 2.28. The average Bonchev–Trinajstić information content (AvgIpc) is 3.27. The Morgan fingerprint density at radius 1 is 0.968 bits per heavy atom. The largest absolute Gasteiger partial charge is 0.435 e. The predicted octanol–water partition coefficient (Wildman–Crippen LogP) is 4.97. The number of hydrogen-bond acceptors (Lipinski definition) is 5. The molecule has 0 aliphatic heterocycles. The van der Waals surface area contributed by atoms with Crippen LogP contribution >= 0.6 is 0 Å². The van der Waals surface area contributed by atoms with Crippen molar-refractivity contribution in [2.45, 2.75) is 26.6 Å². The lowest BCUT2D eigenvalue weighted by Crippen LogP contribution is -2.08. The van der Waals surface area contributed by atoms with Crippen molar-refractivity contribution in [2.75, 3.05) is 5.32 Å². The van der Waals surface area contributed by atoms with Crippen LogP contribution in [0.25, 0.3) is 17.2 Å². The van der Waals surface area contributed by atoms with E-state index >= 15 is 0 Å². The second-order valence-electron chi connectivity index (χ2n) is 6.98. The quantitative estimate of drug-likeness (QED) is 0.490. The van der Waals surface area contributed by atoms with E-state index in [9.17, 15) is 13.2 Å². The molecule has 0 radical (unpaired) electrons. The topological polar surface area (TPSA) is 68.5 Å². The molecule has 0 fully saturated rings. The summed E-state index contributed by atoms with van der Waals surface area (Å²) in [5.41, 5.74) is 3.06. The molecule has 3 aromatic heterocycles. The molecule has 1 aromatic carbocycles. The van der Waals surface area contributed by atoms with Gasteiger partial charge in [-0.1, -0.05) is 18.2 Å². The molecule has 0 spiro atoms. The van der Waals surface area contributed by atoms with Gasteiger partial charge in [0.15, 0.2) is 11.5 Å². The normalized spacial score (nSPS) is 11.5. The Morgan fingerprint density at radius 2 is 1.74 bits per heavy atom. The number of alkyl halides is 3. The van der Waals surface area contributed by atoms with Gasteiger partial charge in [0.05, 0.1) is 5.69 Å². The first-order valence-corrected chi connectivity index (χ1v) is 9.54. The lowest BCUT2D eigenvalue weighted by Gasteiger charge is -2.12. The van der Waals surface area contributed by atoms with Gasteiger partial charge < -0.3 is 5.32 Å². The van der Waals surface area contributed by atoms with E-state index in [1.54, 1.807) is 18.3 Å². The van der Waals surface area contributed by atoms with E-state index in [2.05, 4.69) is 25.4 Å². The van der Waals surface area contributed by atoms with Crippen molar-refractivity contribution in [1.82, 2.24) is 24.7 Å². The van der Waals surface area contributed by atoms with Crippen LogP contribution in [-0.2, 0) is 12.7 Å². The summed E-state index contributed by atoms with van der Waals surface area (Å²) >= 11 is 0. The average molecular weight is 424 g/mol. The second-order valence-corrected chi connectivity index (χ2v) is 6.98. The number of anilines is 1. The number of rotatable bonds is 5. The molecular formula is C22H19F3N6. The van der Waals surface area contributed by atoms with Crippen molar-refractivity contribution in [3.05, 3.63) is 83.4 Å². The molecule has 0 aliphatic rings. The molecule has 1 N–H and O–H groups in total. The molecule has 4 rings (SSSR count). The summed E-state index contributed by atoms with van der Waals surface area (Å²) in [7, 11) is 0. The number of aromatic nitrogens is 5. The highest BCUT2D eigenvalue weighted by Gasteiger charge is 2.33. The van der Waals surface area contributed by atoms with Crippen LogP contribution < -0.4 is 5.32 Å². The van der Waals surface area contributed by atoms with Crippen molar-refractivity contribution >= 4 is 5.82 Å². The minimum absolute atomic E-state index is 0.492. The van der Waals surface area contributed by atoms with Crippen LogP contribution in [-0.4, -0.2) is 24.7 Å². The maximum absolute atomic E-state index is 12.7. The van der Waals surface area contributed by atoms with Crippen molar-refractivity contribution < 1.29 is 13.2 Å². The fourth-order valence-electron chi connectivity index (χ4n) is 2.98. The minimum atomic E-state index is -4.46. The Balaban J connectivity index is 1.50. The van der Waals surface area contributed by atoms with E-state index in [1.165, 1.54) is 10.9 Å². The smallest absolute Gasteiger partial charge is 0.366 e. The van der Waals surface area contributed by atoms with Gasteiger partial charge in [-0.25, -0.2) is 14.6 Å². The fraction of sp³-hybridized carbons (Fsp3) is 0.182. The van der Waals surface area contributed by atoms with Gasteiger partial charge in [0.25, 0.3) is 0 Å². The molecule has 31 heavy (non-hydrogen) atoms. The van der Waals surface area contributed by atoms with Crippen LogP contribution in [0.15, 0.2) is 60.9 Å². The van der Waals surface area contributed by atoms with Gasteiger partial charge in [0, 0.05) is 30.2 Å². The molecule has 0 atom stereocenters. The molecule has 3 heterocycles. The number of hydrogen-bond donors (Lipinski definition) is 1. The molecule has 0 saturated carbocycles. The molecule has 6 nitrogen and oxygen atoms in total. The summed E-state index contributed by atoms with van der Waals surface area (Å²) in [5, 5.41) is 6.90. The molecule has 0 amide bonds. The Bertz CT molecular complexity index is 1180. The minimum Gasteiger partial charge on any atom is -0.366 e. The molecule has 158 valence electrons. The van der Waals surface area contributed by atoms with E-state index in [4.69, 9.17) is 0 Å². The summed E-state index contributed by atoms with van der Waals surface area (Å²) in [6, 6.07) is 13.6. The van der Waals surface area contributed by atoms with Crippen LogP contribution in [0.3, 0.4) is 0 Å². The first-order valence-electron chi connectivity index (χ1n) is 9.54. The first-order chi connectivity index (χ1) is 14.8. The Labute approximate surface area is 176 Å². The third-order valence-corrected chi connectivity index (χ3v) is 4.82. The Hall–Kier alpha value is -3.75. The van der Waals surface area contributed by atoms with Crippen molar-refractivity contribution in [2.24, 2.45) is 0 Å². The van der Waals surface area contributed by atoms with Crippen LogP contribution in [0.4, 0.5) is 19.0 Å². The van der Waals surface area contributed by atoms with E-state index in [0.717, 1.165) is 22.9 Å². The van der Waals surface area contributed by atoms with Crippen LogP contribution in [0.2, 0.25) is 0 Å². The third-order valence-electron chi connectivity index (χ3n) is 4.82. The van der Waals surface area contributed by atoms with Crippen LogP contribution in [0.5, 0.6) is 0 Å². The number of nitrogens with one attached hydrogen (secondary N) is 1. The van der Waals surface area contributed by atoms with Gasteiger partial charge >= 0.3 is 6.18 Å². The van der Waals surface area contributed by atoms with Crippen molar-refractivity contribution in [1.29, 1.82) is 0 Å². The van der Waals surface area contributed by atoms with Gasteiger partial charge in [-0.3, -0.25) is 4.98 Å². The number of nitrogens with zero attached hydrogens (tertiary/aromatic N) is 5. The maximum Gasteiger partial charge on any atom is 0.435 e. The van der Waals surface area contributed by atoms with Gasteiger partial charge in [-0.05, 0) is 49.7 Å². The number of pyridine rings is 1. The van der Waals surface area contributed by atoms with Gasteiger partial charge in [0.1, 0.15) is 11.5 Å². The zero-order valence-electron chi connectivity index (χ0n) is 16.9. The van der Waals surface area contributed by atoms with E-state index in [1.807, 2.05) is 44.2 Å². The van der Waals surface area contributed by atoms with Crippen LogP contribution in [0, 0.1) is 13.8 Å². The highest BCUT2D eigenvalue weighted by molar-refractivity contribution is 5.56. The zero-order valence-corrected chi connectivity index (χ0v) is 16.9. The monoisotopic (exact) mass is 424 g/mol. The van der Waals surface area contributed by atoms with E-state index < -0.39 is 11.9 Å². The van der Waals surface area contributed by atoms with Crippen molar-refractivity contribution in [3.63, 3.8) is 0 Å². The predicted molar refractivity (Wildman–Crippen MR) is 111 cm³/mol. The van der Waals surface area contributed by atoms with Crippen LogP contribution in [0.1, 0.15) is 22.5 Å². The number of aryl methyl sites for hydroxylation is 1. The molecule has 0 aliphatic carbocycles. The lowest BCUT2D eigenvalue weighted by atomic mass is 10.2. The Kier molecular flexibility index (Phi) is 5.41. The van der Waals surface area contributed by atoms with E-state index in [-0.39, 0.29) is 0 Å². The SMILES string of the molecule is Cc1nc(-c2ccccn2)nc(NCc2ccc(-n3ccc(C(F)(F)F)n3)cc2)c1C. The first kappa shape index (κ1) is 20.5. The molecule has 4 aromatic rings. The summed E-state index contributed by atoms with van der Waals surface area (Å²) in [6.45, 7) is 4.35. The molecule has 9 heteroatoms. The molecular weight excluding hydrogens is 405 g/mol. The summed E-state index contributed by atoms with van der Waals surface area (Å²) in [6.07, 6.45) is -1.47. The van der Waals surface area contributed by atoms with Gasteiger partial charge in [0.2, 0.25) is 0 Å². The standard InChI is InChI=1S/C22H19F3N6/c1-14-15(2)28-21(18-5-3-4-11-26-18)29-20(14)27-13-16-6-8-17(9-7-16)31-12-10-19(30-31)22(23,24)25/h3-12H,13H2,1-2H3,(H,27,28,29). The fourth-order valence-corrected chi connectivity index (χ4v) is 2.98. The maximum atomic E-state index is 12.7.